The quantitative estimate of drug-likeness (QED) is 0.200. The molecule has 2 aliphatic rings. The van der Waals surface area contributed by atoms with Gasteiger partial charge in [0.1, 0.15) is 10.0 Å². The second-order valence-corrected chi connectivity index (χ2v) is 12.8. The summed E-state index contributed by atoms with van der Waals surface area (Å²) in [4.78, 5) is 62.2. The van der Waals surface area contributed by atoms with Crippen LogP contribution in [0, 0.1) is 0 Å². The first-order valence-corrected chi connectivity index (χ1v) is 15.4. The smallest absolute Gasteiger partial charge is 0.194 e. The van der Waals surface area contributed by atoms with E-state index in [2.05, 4.69) is 6.07 Å². The third kappa shape index (κ3) is 3.52. The molecular weight excluding hydrogens is 589 g/mol. The van der Waals surface area contributed by atoms with Crippen molar-refractivity contribution in [2.24, 2.45) is 0 Å². The van der Waals surface area contributed by atoms with Gasteiger partial charge in [0.25, 0.3) is 0 Å². The largest absolute Gasteiger partial charge is 0.289 e. The number of ketones is 4. The number of hydrogen-bond acceptors (Lipinski definition) is 8. The summed E-state index contributed by atoms with van der Waals surface area (Å²) in [5.74, 6) is -0.610. The van der Waals surface area contributed by atoms with Crippen LogP contribution >= 0.6 is 22.7 Å². The molecule has 0 amide bonds. The van der Waals surface area contributed by atoms with Crippen molar-refractivity contribution in [3.63, 3.8) is 0 Å². The fourth-order valence-corrected chi connectivity index (χ4v) is 8.10. The molecule has 7 aromatic rings. The molecule has 0 saturated heterocycles. The number of fused-ring (bicyclic) bond motifs is 6. The molecular formula is C36H16N2O4S2. The van der Waals surface area contributed by atoms with E-state index in [9.17, 15) is 19.2 Å². The molecule has 0 bridgehead atoms. The Morgan fingerprint density at radius 1 is 0.386 bits per heavy atom. The Balaban J connectivity index is 1.08. The number of rotatable bonds is 2. The minimum absolute atomic E-state index is 0.145. The van der Waals surface area contributed by atoms with Gasteiger partial charge in [0.15, 0.2) is 23.1 Å². The summed E-state index contributed by atoms with van der Waals surface area (Å²) in [6.45, 7) is 0. The van der Waals surface area contributed by atoms with Crippen molar-refractivity contribution in [2.75, 3.05) is 0 Å². The molecule has 0 saturated carbocycles. The highest BCUT2D eigenvalue weighted by Crippen LogP contribution is 2.39. The van der Waals surface area contributed by atoms with E-state index < -0.39 is 0 Å². The van der Waals surface area contributed by atoms with Gasteiger partial charge in [-0.3, -0.25) is 19.2 Å². The molecule has 0 aliphatic heterocycles. The van der Waals surface area contributed by atoms with Crippen LogP contribution in [0.4, 0.5) is 0 Å². The molecule has 2 aromatic heterocycles. The first kappa shape index (κ1) is 25.1. The van der Waals surface area contributed by atoms with E-state index in [-0.39, 0.29) is 23.1 Å². The summed E-state index contributed by atoms with van der Waals surface area (Å²) in [5.41, 5.74) is 6.44. The van der Waals surface area contributed by atoms with Crippen LogP contribution in [0.3, 0.4) is 0 Å². The minimum atomic E-state index is -0.159. The average Bonchev–Trinajstić information content (AvgIpc) is 3.68. The molecule has 2 aliphatic carbocycles. The maximum absolute atomic E-state index is 13.2. The van der Waals surface area contributed by atoms with E-state index in [1.165, 1.54) is 22.7 Å². The molecule has 0 unspecified atom stereocenters. The molecule has 0 N–H and O–H groups in total. The summed E-state index contributed by atoms with van der Waals surface area (Å²) in [6.07, 6.45) is 0. The molecule has 9 rings (SSSR count). The van der Waals surface area contributed by atoms with Crippen LogP contribution in [0.1, 0.15) is 63.7 Å². The zero-order chi connectivity index (χ0) is 29.7. The molecule has 8 heteroatoms. The van der Waals surface area contributed by atoms with Gasteiger partial charge in [0.05, 0.1) is 20.4 Å². The third-order valence-corrected chi connectivity index (χ3v) is 10.4. The van der Waals surface area contributed by atoms with Gasteiger partial charge in [-0.05, 0) is 36.4 Å². The fraction of sp³-hybridized carbons (Fsp3) is 0. The highest BCUT2D eigenvalue weighted by Gasteiger charge is 2.31. The number of hydrogen-bond donors (Lipinski definition) is 0. The van der Waals surface area contributed by atoms with Crippen molar-refractivity contribution < 1.29 is 19.2 Å². The van der Waals surface area contributed by atoms with Gasteiger partial charge in [0.2, 0.25) is 0 Å². The first-order valence-electron chi connectivity index (χ1n) is 13.8. The number of carbonyl (C=O) groups excluding carboxylic acids is 4. The highest BCUT2D eigenvalue weighted by molar-refractivity contribution is 7.23. The van der Waals surface area contributed by atoms with Crippen molar-refractivity contribution in [2.45, 2.75) is 0 Å². The van der Waals surface area contributed by atoms with Crippen molar-refractivity contribution in [1.82, 2.24) is 9.97 Å². The van der Waals surface area contributed by atoms with Gasteiger partial charge in [-0.15, -0.1) is 22.7 Å². The Labute approximate surface area is 257 Å². The molecule has 0 fully saturated rings. The maximum Gasteiger partial charge on any atom is 0.194 e. The lowest BCUT2D eigenvalue weighted by Crippen LogP contribution is -2.20. The van der Waals surface area contributed by atoms with Gasteiger partial charge in [-0.1, -0.05) is 60.7 Å². The van der Waals surface area contributed by atoms with Gasteiger partial charge in [-0.2, -0.15) is 0 Å². The predicted octanol–water partition coefficient (Wildman–Crippen LogP) is 7.79. The van der Waals surface area contributed by atoms with Crippen LogP contribution in [-0.2, 0) is 0 Å². The maximum atomic E-state index is 13.2. The molecule has 5 aromatic carbocycles. The lowest BCUT2D eigenvalue weighted by atomic mass is 9.83. The van der Waals surface area contributed by atoms with Crippen LogP contribution in [-0.4, -0.2) is 33.1 Å². The van der Waals surface area contributed by atoms with E-state index in [0.717, 1.165) is 41.6 Å². The summed E-state index contributed by atoms with van der Waals surface area (Å²) < 4.78 is 1.94. The second kappa shape index (κ2) is 9.03. The van der Waals surface area contributed by atoms with E-state index in [0.29, 0.717) is 44.5 Å². The molecule has 0 radical (unpaired) electrons. The number of benzene rings is 5. The van der Waals surface area contributed by atoms with E-state index >= 15 is 0 Å². The molecule has 0 atom stereocenters. The summed E-state index contributed by atoms with van der Waals surface area (Å²) >= 11 is 3.02. The van der Waals surface area contributed by atoms with Crippen molar-refractivity contribution in [1.29, 1.82) is 0 Å². The molecule has 2 heterocycles. The van der Waals surface area contributed by atoms with Gasteiger partial charge in [0, 0.05) is 55.6 Å². The van der Waals surface area contributed by atoms with Crippen LogP contribution in [0.5, 0.6) is 0 Å². The highest BCUT2D eigenvalue weighted by atomic mass is 32.1. The molecule has 0 spiro atoms. The topological polar surface area (TPSA) is 94.1 Å². The third-order valence-electron chi connectivity index (χ3n) is 8.24. The van der Waals surface area contributed by atoms with E-state index in [4.69, 9.17) is 9.97 Å². The van der Waals surface area contributed by atoms with Crippen LogP contribution in [0.2, 0.25) is 0 Å². The van der Waals surface area contributed by atoms with E-state index in [1.54, 1.807) is 72.8 Å². The Kier molecular flexibility index (Phi) is 5.15. The summed E-state index contributed by atoms with van der Waals surface area (Å²) in [7, 11) is 0. The molecule has 6 nitrogen and oxygen atoms in total. The van der Waals surface area contributed by atoms with Crippen LogP contribution < -0.4 is 0 Å². The minimum Gasteiger partial charge on any atom is -0.289 e. The number of nitrogens with zero attached hydrogens (tertiary/aromatic N) is 2. The average molecular weight is 605 g/mol. The number of aromatic nitrogens is 2. The zero-order valence-electron chi connectivity index (χ0n) is 22.6. The van der Waals surface area contributed by atoms with E-state index in [1.807, 2.05) is 18.2 Å². The lowest BCUT2D eigenvalue weighted by Gasteiger charge is -2.17. The first-order chi connectivity index (χ1) is 21.4. The second-order valence-electron chi connectivity index (χ2n) is 10.8. The van der Waals surface area contributed by atoms with Crippen LogP contribution in [0.15, 0.2) is 97.1 Å². The Bertz CT molecular complexity index is 2270. The molecule has 206 valence electrons. The van der Waals surface area contributed by atoms with Gasteiger partial charge < -0.3 is 0 Å². The predicted molar refractivity (Wildman–Crippen MR) is 170 cm³/mol. The van der Waals surface area contributed by atoms with Crippen LogP contribution in [0.25, 0.3) is 41.6 Å². The Hall–Kier alpha value is -5.44. The van der Waals surface area contributed by atoms with Crippen molar-refractivity contribution in [3.8, 4) is 21.1 Å². The summed E-state index contributed by atoms with van der Waals surface area (Å²) in [5, 5.41) is 1.50. The SMILES string of the molecule is O=C1c2ccccc2C(=O)c2cc(-c3nc4cc5nc(-c6ccc7c(c6)C(=O)c6ccccc6C7=O)sc5cc4s3)ccc21. The lowest BCUT2D eigenvalue weighted by molar-refractivity contribution is 0.0979. The van der Waals surface area contributed by atoms with Crippen molar-refractivity contribution in [3.05, 3.63) is 142 Å². The molecule has 44 heavy (non-hydrogen) atoms. The Morgan fingerprint density at radius 3 is 1.16 bits per heavy atom. The fourth-order valence-electron chi connectivity index (χ4n) is 6.06. The number of thiazole rings is 2. The standard InChI is InChI=1S/C36H16N2O4S2/c39-31-19-5-1-3-7-21(19)33(41)25-13-17(9-11-23(25)31)35-37-27-15-28-30(16-29(27)43-35)44-36(38-28)18-10-12-24-26(14-18)34(42)22-8-4-2-6-20(22)32(24)40/h1-16H. The van der Waals surface area contributed by atoms with Gasteiger partial charge >= 0.3 is 0 Å². The Morgan fingerprint density at radius 2 is 0.750 bits per heavy atom. The normalized spacial score (nSPS) is 13.6. The zero-order valence-corrected chi connectivity index (χ0v) is 24.2. The van der Waals surface area contributed by atoms with Crippen molar-refractivity contribution >= 4 is 66.2 Å². The van der Waals surface area contributed by atoms with Gasteiger partial charge in [-0.25, -0.2) is 9.97 Å². The number of carbonyl (C=O) groups is 4. The summed E-state index contributed by atoms with van der Waals surface area (Å²) in [6, 6.07) is 28.5. The monoisotopic (exact) mass is 604 g/mol.